The average molecular weight is 298 g/mol. The SMILES string of the molecule is CC(C)(C)OC(=O)N1CCC(NC2CCNCC2N)CC1. The summed E-state index contributed by atoms with van der Waals surface area (Å²) < 4.78 is 5.42. The molecule has 6 nitrogen and oxygen atoms in total. The van der Waals surface area contributed by atoms with E-state index in [0.29, 0.717) is 12.1 Å². The summed E-state index contributed by atoms with van der Waals surface area (Å²) in [7, 11) is 0. The van der Waals surface area contributed by atoms with Gasteiger partial charge in [0.25, 0.3) is 0 Å². The molecule has 2 aliphatic heterocycles. The number of rotatable bonds is 2. The zero-order chi connectivity index (χ0) is 15.5. The van der Waals surface area contributed by atoms with E-state index in [1.54, 1.807) is 0 Å². The summed E-state index contributed by atoms with van der Waals surface area (Å²) in [4.78, 5) is 13.8. The quantitative estimate of drug-likeness (QED) is 0.698. The van der Waals surface area contributed by atoms with E-state index in [9.17, 15) is 4.79 Å². The Morgan fingerprint density at radius 1 is 1.29 bits per heavy atom. The van der Waals surface area contributed by atoms with Gasteiger partial charge in [-0.15, -0.1) is 0 Å². The summed E-state index contributed by atoms with van der Waals surface area (Å²) in [5, 5.41) is 6.98. The highest BCUT2D eigenvalue weighted by Gasteiger charge is 2.29. The minimum Gasteiger partial charge on any atom is -0.444 e. The van der Waals surface area contributed by atoms with E-state index in [1.807, 2.05) is 25.7 Å². The van der Waals surface area contributed by atoms with E-state index in [0.717, 1.165) is 45.4 Å². The zero-order valence-corrected chi connectivity index (χ0v) is 13.5. The number of nitrogens with one attached hydrogen (secondary N) is 2. The Balaban J connectivity index is 1.74. The molecule has 2 unspecified atom stereocenters. The standard InChI is InChI=1S/C15H30N4O2/c1-15(2,3)21-14(20)19-8-5-11(6-9-19)18-13-4-7-17-10-12(13)16/h11-13,17-18H,4-10,16H2,1-3H3. The first kappa shape index (κ1) is 16.5. The highest BCUT2D eigenvalue weighted by molar-refractivity contribution is 5.68. The van der Waals surface area contributed by atoms with Crippen LogP contribution in [-0.2, 0) is 4.74 Å². The molecule has 2 rings (SSSR count). The molecule has 0 aromatic rings. The van der Waals surface area contributed by atoms with Gasteiger partial charge in [-0.3, -0.25) is 0 Å². The van der Waals surface area contributed by atoms with Crippen molar-refractivity contribution in [2.75, 3.05) is 26.2 Å². The van der Waals surface area contributed by atoms with Gasteiger partial charge in [0.2, 0.25) is 0 Å². The number of nitrogens with two attached hydrogens (primary N) is 1. The van der Waals surface area contributed by atoms with Crippen LogP contribution in [0.3, 0.4) is 0 Å². The van der Waals surface area contributed by atoms with Gasteiger partial charge in [0, 0.05) is 37.8 Å². The molecule has 2 aliphatic rings. The number of piperidine rings is 2. The average Bonchev–Trinajstić information content (AvgIpc) is 2.40. The van der Waals surface area contributed by atoms with E-state index in [1.165, 1.54) is 0 Å². The van der Waals surface area contributed by atoms with Crippen LogP contribution in [0, 0.1) is 0 Å². The van der Waals surface area contributed by atoms with E-state index >= 15 is 0 Å². The van der Waals surface area contributed by atoms with Gasteiger partial charge in [-0.05, 0) is 46.6 Å². The summed E-state index contributed by atoms with van der Waals surface area (Å²) in [6.07, 6.45) is 2.82. The molecule has 0 spiro atoms. The van der Waals surface area contributed by atoms with E-state index in [4.69, 9.17) is 10.5 Å². The predicted molar refractivity (Wildman–Crippen MR) is 83.2 cm³/mol. The van der Waals surface area contributed by atoms with Crippen LogP contribution in [0.15, 0.2) is 0 Å². The number of ether oxygens (including phenoxy) is 1. The fourth-order valence-corrected chi connectivity index (χ4v) is 2.95. The van der Waals surface area contributed by atoms with Gasteiger partial charge in [-0.2, -0.15) is 0 Å². The minimum absolute atomic E-state index is 0.183. The van der Waals surface area contributed by atoms with Crippen molar-refractivity contribution in [2.24, 2.45) is 5.73 Å². The second-order valence-electron chi connectivity index (χ2n) is 7.17. The first-order chi connectivity index (χ1) is 9.85. The predicted octanol–water partition coefficient (Wildman–Crippen LogP) is 0.665. The van der Waals surface area contributed by atoms with Gasteiger partial charge < -0.3 is 26.0 Å². The minimum atomic E-state index is -0.423. The van der Waals surface area contributed by atoms with Crippen LogP contribution in [0.2, 0.25) is 0 Å². The van der Waals surface area contributed by atoms with Crippen molar-refractivity contribution in [3.05, 3.63) is 0 Å². The molecule has 0 aromatic carbocycles. The number of carbonyl (C=O) groups excluding carboxylic acids is 1. The molecule has 6 heteroatoms. The van der Waals surface area contributed by atoms with Crippen LogP contribution in [0.1, 0.15) is 40.0 Å². The lowest BCUT2D eigenvalue weighted by Gasteiger charge is -2.38. The number of hydrogen-bond donors (Lipinski definition) is 3. The summed E-state index contributed by atoms with van der Waals surface area (Å²) in [5.74, 6) is 0. The maximum atomic E-state index is 12.0. The van der Waals surface area contributed by atoms with Gasteiger partial charge in [0.05, 0.1) is 0 Å². The van der Waals surface area contributed by atoms with Crippen molar-refractivity contribution in [3.63, 3.8) is 0 Å². The Morgan fingerprint density at radius 3 is 2.52 bits per heavy atom. The highest BCUT2D eigenvalue weighted by Crippen LogP contribution is 2.16. The van der Waals surface area contributed by atoms with Gasteiger partial charge in [0.1, 0.15) is 5.60 Å². The van der Waals surface area contributed by atoms with Crippen molar-refractivity contribution in [3.8, 4) is 0 Å². The molecule has 2 fully saturated rings. The lowest BCUT2D eigenvalue weighted by atomic mass is 9.97. The number of likely N-dealkylation sites (tertiary alicyclic amines) is 1. The summed E-state index contributed by atoms with van der Waals surface area (Å²) in [5.41, 5.74) is 5.71. The van der Waals surface area contributed by atoms with E-state index < -0.39 is 5.60 Å². The van der Waals surface area contributed by atoms with Gasteiger partial charge in [-0.1, -0.05) is 0 Å². The molecule has 0 radical (unpaired) electrons. The number of amides is 1. The van der Waals surface area contributed by atoms with Crippen LogP contribution >= 0.6 is 0 Å². The zero-order valence-electron chi connectivity index (χ0n) is 13.5. The molecule has 0 saturated carbocycles. The molecule has 2 heterocycles. The van der Waals surface area contributed by atoms with Crippen molar-refractivity contribution in [2.45, 2.75) is 63.8 Å². The van der Waals surface area contributed by atoms with Crippen molar-refractivity contribution < 1.29 is 9.53 Å². The third-order valence-corrected chi connectivity index (χ3v) is 4.13. The lowest BCUT2D eigenvalue weighted by molar-refractivity contribution is 0.0194. The first-order valence-corrected chi connectivity index (χ1v) is 8.05. The fourth-order valence-electron chi connectivity index (χ4n) is 2.95. The Bertz CT molecular complexity index is 348. The molecule has 1 amide bonds. The molecular weight excluding hydrogens is 268 g/mol. The third kappa shape index (κ3) is 5.13. The fraction of sp³-hybridized carbons (Fsp3) is 0.933. The smallest absolute Gasteiger partial charge is 0.410 e. The van der Waals surface area contributed by atoms with Crippen LogP contribution in [0.5, 0.6) is 0 Å². The molecule has 122 valence electrons. The van der Waals surface area contributed by atoms with E-state index in [2.05, 4.69) is 10.6 Å². The summed E-state index contributed by atoms with van der Waals surface area (Å²) >= 11 is 0. The molecule has 21 heavy (non-hydrogen) atoms. The largest absolute Gasteiger partial charge is 0.444 e. The third-order valence-electron chi connectivity index (χ3n) is 4.13. The highest BCUT2D eigenvalue weighted by atomic mass is 16.6. The molecule has 0 aromatic heterocycles. The second-order valence-corrected chi connectivity index (χ2v) is 7.17. The summed E-state index contributed by atoms with van der Waals surface area (Å²) in [6, 6.07) is 1.03. The van der Waals surface area contributed by atoms with Crippen LogP contribution in [0.4, 0.5) is 4.79 Å². The Hall–Kier alpha value is -0.850. The molecule has 4 N–H and O–H groups in total. The first-order valence-electron chi connectivity index (χ1n) is 8.05. The Labute approximate surface area is 127 Å². The Kier molecular flexibility index (Phi) is 5.46. The molecule has 2 atom stereocenters. The van der Waals surface area contributed by atoms with Crippen molar-refractivity contribution >= 4 is 6.09 Å². The maximum absolute atomic E-state index is 12.0. The normalized spacial score (nSPS) is 28.5. The van der Waals surface area contributed by atoms with Gasteiger partial charge in [-0.25, -0.2) is 4.79 Å². The molecular formula is C15H30N4O2. The molecule has 0 aliphatic carbocycles. The van der Waals surface area contributed by atoms with Gasteiger partial charge in [0.15, 0.2) is 0 Å². The number of nitrogens with zero attached hydrogens (tertiary/aromatic N) is 1. The lowest BCUT2D eigenvalue weighted by Crippen LogP contribution is -2.59. The van der Waals surface area contributed by atoms with Crippen molar-refractivity contribution in [1.29, 1.82) is 0 Å². The van der Waals surface area contributed by atoms with Crippen LogP contribution in [0.25, 0.3) is 0 Å². The van der Waals surface area contributed by atoms with Crippen molar-refractivity contribution in [1.82, 2.24) is 15.5 Å². The van der Waals surface area contributed by atoms with Crippen LogP contribution in [-0.4, -0.2) is 60.9 Å². The maximum Gasteiger partial charge on any atom is 0.410 e. The number of carbonyl (C=O) groups is 1. The molecule has 0 bridgehead atoms. The van der Waals surface area contributed by atoms with Gasteiger partial charge >= 0.3 is 6.09 Å². The van der Waals surface area contributed by atoms with E-state index in [-0.39, 0.29) is 12.1 Å². The monoisotopic (exact) mass is 298 g/mol. The topological polar surface area (TPSA) is 79.6 Å². The number of hydrogen-bond acceptors (Lipinski definition) is 5. The molecule has 2 saturated heterocycles. The Morgan fingerprint density at radius 2 is 1.95 bits per heavy atom. The second kappa shape index (κ2) is 6.94. The summed E-state index contributed by atoms with van der Waals surface area (Å²) in [6.45, 7) is 9.13. The van der Waals surface area contributed by atoms with Crippen LogP contribution < -0.4 is 16.4 Å².